The van der Waals surface area contributed by atoms with E-state index in [1.54, 1.807) is 12.1 Å². The first-order valence-corrected chi connectivity index (χ1v) is 7.29. The van der Waals surface area contributed by atoms with E-state index in [0.717, 1.165) is 11.1 Å². The SMILES string of the molecule is CC(C)C(NCc1ccc(F)cc1)C(O)c1ccccc1. The molecule has 2 rings (SSSR count). The first-order valence-electron chi connectivity index (χ1n) is 7.29. The van der Waals surface area contributed by atoms with Crippen molar-refractivity contribution in [2.24, 2.45) is 5.92 Å². The van der Waals surface area contributed by atoms with Gasteiger partial charge in [0, 0.05) is 12.6 Å². The van der Waals surface area contributed by atoms with Crippen LogP contribution < -0.4 is 5.32 Å². The molecule has 2 aromatic carbocycles. The minimum Gasteiger partial charge on any atom is -0.387 e. The molecule has 2 nitrogen and oxygen atoms in total. The molecular weight excluding hydrogens is 265 g/mol. The monoisotopic (exact) mass is 287 g/mol. The fraction of sp³-hybridized carbons (Fsp3) is 0.333. The van der Waals surface area contributed by atoms with Gasteiger partial charge < -0.3 is 10.4 Å². The summed E-state index contributed by atoms with van der Waals surface area (Å²) in [6.07, 6.45) is -0.563. The molecule has 21 heavy (non-hydrogen) atoms. The molecule has 0 radical (unpaired) electrons. The second-order valence-electron chi connectivity index (χ2n) is 5.63. The van der Waals surface area contributed by atoms with E-state index >= 15 is 0 Å². The van der Waals surface area contributed by atoms with E-state index in [0.29, 0.717) is 6.54 Å². The number of aliphatic hydroxyl groups excluding tert-OH is 1. The van der Waals surface area contributed by atoms with E-state index in [9.17, 15) is 9.50 Å². The van der Waals surface area contributed by atoms with Crippen molar-refractivity contribution in [2.75, 3.05) is 0 Å². The molecule has 0 aliphatic carbocycles. The normalized spacial score (nSPS) is 14.1. The third-order valence-electron chi connectivity index (χ3n) is 3.65. The minimum absolute atomic E-state index is 0.0579. The molecule has 0 amide bonds. The van der Waals surface area contributed by atoms with Crippen LogP contribution in [0.2, 0.25) is 0 Å². The molecule has 2 aromatic rings. The Morgan fingerprint density at radius 2 is 1.62 bits per heavy atom. The van der Waals surface area contributed by atoms with Crippen LogP contribution in [0.15, 0.2) is 54.6 Å². The van der Waals surface area contributed by atoms with Gasteiger partial charge in [0.25, 0.3) is 0 Å². The molecule has 0 saturated carbocycles. The average molecular weight is 287 g/mol. The van der Waals surface area contributed by atoms with E-state index in [-0.39, 0.29) is 17.8 Å². The van der Waals surface area contributed by atoms with Gasteiger partial charge in [0.15, 0.2) is 0 Å². The highest BCUT2D eigenvalue weighted by Gasteiger charge is 2.23. The Balaban J connectivity index is 2.04. The Hall–Kier alpha value is -1.71. The highest BCUT2D eigenvalue weighted by atomic mass is 19.1. The number of hydrogen-bond donors (Lipinski definition) is 2. The van der Waals surface area contributed by atoms with Crippen LogP contribution in [0.4, 0.5) is 4.39 Å². The maximum Gasteiger partial charge on any atom is 0.123 e. The van der Waals surface area contributed by atoms with Crippen molar-refractivity contribution in [3.8, 4) is 0 Å². The van der Waals surface area contributed by atoms with Gasteiger partial charge in [-0.15, -0.1) is 0 Å². The van der Waals surface area contributed by atoms with E-state index in [1.165, 1.54) is 12.1 Å². The molecule has 0 saturated heterocycles. The van der Waals surface area contributed by atoms with Gasteiger partial charge in [-0.3, -0.25) is 0 Å². The summed E-state index contributed by atoms with van der Waals surface area (Å²) in [5, 5.41) is 13.9. The lowest BCUT2D eigenvalue weighted by molar-refractivity contribution is 0.104. The molecule has 0 spiro atoms. The smallest absolute Gasteiger partial charge is 0.123 e. The minimum atomic E-state index is -0.563. The van der Waals surface area contributed by atoms with Crippen molar-refractivity contribution in [1.29, 1.82) is 0 Å². The molecule has 2 unspecified atom stereocenters. The lowest BCUT2D eigenvalue weighted by Gasteiger charge is -2.28. The number of nitrogens with one attached hydrogen (secondary N) is 1. The van der Waals surface area contributed by atoms with Crippen molar-refractivity contribution in [3.63, 3.8) is 0 Å². The predicted molar refractivity (Wildman–Crippen MR) is 83.3 cm³/mol. The van der Waals surface area contributed by atoms with Crippen LogP contribution in [0.1, 0.15) is 31.1 Å². The van der Waals surface area contributed by atoms with Gasteiger partial charge in [0.1, 0.15) is 5.82 Å². The first-order chi connectivity index (χ1) is 10.1. The Labute approximate surface area is 125 Å². The summed E-state index contributed by atoms with van der Waals surface area (Å²) in [6, 6.07) is 16.0. The zero-order chi connectivity index (χ0) is 15.2. The van der Waals surface area contributed by atoms with Crippen molar-refractivity contribution in [3.05, 3.63) is 71.5 Å². The fourth-order valence-electron chi connectivity index (χ4n) is 2.41. The second-order valence-corrected chi connectivity index (χ2v) is 5.63. The lowest BCUT2D eigenvalue weighted by Crippen LogP contribution is -2.38. The van der Waals surface area contributed by atoms with Gasteiger partial charge >= 0.3 is 0 Å². The number of halogens is 1. The van der Waals surface area contributed by atoms with E-state index in [1.807, 2.05) is 30.3 Å². The maximum atomic E-state index is 12.9. The van der Waals surface area contributed by atoms with Crippen molar-refractivity contribution in [1.82, 2.24) is 5.32 Å². The highest BCUT2D eigenvalue weighted by Crippen LogP contribution is 2.22. The van der Waals surface area contributed by atoms with Crippen LogP contribution in [0.3, 0.4) is 0 Å². The summed E-state index contributed by atoms with van der Waals surface area (Å²) in [6.45, 7) is 4.76. The van der Waals surface area contributed by atoms with Crippen LogP contribution in [0, 0.1) is 11.7 Å². The Morgan fingerprint density at radius 3 is 2.19 bits per heavy atom. The summed E-state index contributed by atoms with van der Waals surface area (Å²) < 4.78 is 12.9. The van der Waals surface area contributed by atoms with Crippen LogP contribution in [0.5, 0.6) is 0 Å². The molecule has 0 aliphatic heterocycles. The third-order valence-corrected chi connectivity index (χ3v) is 3.65. The molecule has 0 aliphatic rings. The van der Waals surface area contributed by atoms with Crippen LogP contribution in [0.25, 0.3) is 0 Å². The molecular formula is C18H22FNO. The number of hydrogen-bond acceptors (Lipinski definition) is 2. The molecule has 2 N–H and O–H groups in total. The van der Waals surface area contributed by atoms with E-state index in [2.05, 4.69) is 19.2 Å². The Kier molecular flexibility index (Phi) is 5.48. The summed E-state index contributed by atoms with van der Waals surface area (Å²) in [5.74, 6) is 0.0455. The van der Waals surface area contributed by atoms with Gasteiger partial charge in [0.05, 0.1) is 6.10 Å². The second kappa shape index (κ2) is 7.34. The first kappa shape index (κ1) is 15.7. The average Bonchev–Trinajstić information content (AvgIpc) is 2.49. The molecule has 0 fully saturated rings. The third kappa shape index (κ3) is 4.38. The maximum absolute atomic E-state index is 12.9. The Morgan fingerprint density at radius 1 is 1.00 bits per heavy atom. The summed E-state index contributed by atoms with van der Waals surface area (Å²) in [7, 11) is 0. The molecule has 0 aromatic heterocycles. The van der Waals surface area contributed by atoms with Gasteiger partial charge in [-0.25, -0.2) is 4.39 Å². The standard InChI is InChI=1S/C18H22FNO/c1-13(2)17(18(21)15-6-4-3-5-7-15)20-12-14-8-10-16(19)11-9-14/h3-11,13,17-18,20-21H,12H2,1-2H3. The number of benzene rings is 2. The van der Waals surface area contributed by atoms with Gasteiger partial charge in [-0.2, -0.15) is 0 Å². The van der Waals surface area contributed by atoms with Gasteiger partial charge in [-0.05, 0) is 29.2 Å². The zero-order valence-electron chi connectivity index (χ0n) is 12.5. The summed E-state index contributed by atoms with van der Waals surface area (Å²) in [4.78, 5) is 0. The van der Waals surface area contributed by atoms with Crippen molar-refractivity contribution < 1.29 is 9.50 Å². The quantitative estimate of drug-likeness (QED) is 0.849. The molecule has 3 heteroatoms. The van der Waals surface area contributed by atoms with Gasteiger partial charge in [0.2, 0.25) is 0 Å². The largest absolute Gasteiger partial charge is 0.387 e. The van der Waals surface area contributed by atoms with Crippen molar-refractivity contribution in [2.45, 2.75) is 32.5 Å². The Bertz CT molecular complexity index is 539. The zero-order valence-corrected chi connectivity index (χ0v) is 12.5. The van der Waals surface area contributed by atoms with E-state index in [4.69, 9.17) is 0 Å². The molecule has 0 heterocycles. The van der Waals surface area contributed by atoms with Gasteiger partial charge in [-0.1, -0.05) is 56.3 Å². The van der Waals surface area contributed by atoms with Crippen LogP contribution in [-0.4, -0.2) is 11.1 Å². The predicted octanol–water partition coefficient (Wildman–Crippen LogP) is 3.67. The van der Waals surface area contributed by atoms with E-state index < -0.39 is 6.10 Å². The van der Waals surface area contributed by atoms with Crippen molar-refractivity contribution >= 4 is 0 Å². The summed E-state index contributed by atoms with van der Waals surface area (Å²) in [5.41, 5.74) is 1.91. The summed E-state index contributed by atoms with van der Waals surface area (Å²) >= 11 is 0. The number of aliphatic hydroxyl groups is 1. The lowest BCUT2D eigenvalue weighted by atomic mass is 9.93. The molecule has 112 valence electrons. The van der Waals surface area contributed by atoms with Crippen LogP contribution >= 0.6 is 0 Å². The topological polar surface area (TPSA) is 32.3 Å². The number of rotatable bonds is 6. The molecule has 0 bridgehead atoms. The van der Waals surface area contributed by atoms with Crippen LogP contribution in [-0.2, 0) is 6.54 Å². The fourth-order valence-corrected chi connectivity index (χ4v) is 2.41. The highest BCUT2D eigenvalue weighted by molar-refractivity contribution is 5.20. The molecule has 2 atom stereocenters.